The van der Waals surface area contributed by atoms with Crippen molar-refractivity contribution in [3.05, 3.63) is 182 Å². The number of rotatable bonds is 4. The van der Waals surface area contributed by atoms with Crippen LogP contribution in [0.4, 0.5) is 0 Å². The fraction of sp³-hybridized carbons (Fsp3) is 0. The zero-order chi connectivity index (χ0) is 36.0. The van der Waals surface area contributed by atoms with Crippen LogP contribution in [-0.4, -0.2) is 19.1 Å². The maximum absolute atomic E-state index is 6.73. The topological polar surface area (TPSA) is 48.8 Å². The van der Waals surface area contributed by atoms with E-state index in [0.29, 0.717) is 11.5 Å². The van der Waals surface area contributed by atoms with Crippen LogP contribution in [0.5, 0.6) is 0 Å². The van der Waals surface area contributed by atoms with Gasteiger partial charge in [-0.15, -0.1) is 0 Å². The van der Waals surface area contributed by atoms with Crippen molar-refractivity contribution in [1.29, 1.82) is 0 Å². The maximum Gasteiger partial charge on any atom is 0.236 e. The van der Waals surface area contributed by atoms with Gasteiger partial charge in [0.15, 0.2) is 5.58 Å². The SMILES string of the molecule is c1ccc(-c2ccc(-c3nc(-n4c5ccccc5c5c4ccc4c6ccccc6n(-c6ccccc6)c45)nc4c3oc3ccc5ccccc5c34)cc2)cc1. The highest BCUT2D eigenvalue weighted by atomic mass is 16.3. The Kier molecular flexibility index (Phi) is 6.27. The van der Waals surface area contributed by atoms with Crippen molar-refractivity contribution >= 4 is 76.5 Å². The zero-order valence-corrected chi connectivity index (χ0v) is 29.5. The summed E-state index contributed by atoms with van der Waals surface area (Å²) in [6.07, 6.45) is 0. The van der Waals surface area contributed by atoms with Crippen LogP contribution in [0.15, 0.2) is 186 Å². The molecule has 0 aliphatic heterocycles. The summed E-state index contributed by atoms with van der Waals surface area (Å²) in [5.41, 5.74) is 11.8. The molecule has 0 aliphatic rings. The van der Waals surface area contributed by atoms with Crippen molar-refractivity contribution in [2.45, 2.75) is 0 Å². The summed E-state index contributed by atoms with van der Waals surface area (Å²) in [6, 6.07) is 64.2. The molecule has 8 aromatic carbocycles. The first-order valence-electron chi connectivity index (χ1n) is 18.6. The molecule has 0 N–H and O–H groups in total. The molecule has 55 heavy (non-hydrogen) atoms. The Hall–Kier alpha value is -7.50. The van der Waals surface area contributed by atoms with Gasteiger partial charge >= 0.3 is 0 Å². The fourth-order valence-electron chi connectivity index (χ4n) is 8.71. The normalized spacial score (nSPS) is 12.0. The number of benzene rings is 8. The molecule has 0 radical (unpaired) electrons. The van der Waals surface area contributed by atoms with Crippen molar-refractivity contribution in [2.24, 2.45) is 0 Å². The van der Waals surface area contributed by atoms with E-state index >= 15 is 0 Å². The van der Waals surface area contributed by atoms with Crippen LogP contribution >= 0.6 is 0 Å². The Morgan fingerprint density at radius 1 is 0.400 bits per heavy atom. The molecule has 5 heteroatoms. The monoisotopic (exact) mass is 702 g/mol. The van der Waals surface area contributed by atoms with Crippen molar-refractivity contribution < 1.29 is 4.42 Å². The van der Waals surface area contributed by atoms with Gasteiger partial charge < -0.3 is 8.98 Å². The molecular weight excluding hydrogens is 673 g/mol. The largest absolute Gasteiger partial charge is 0.452 e. The summed E-state index contributed by atoms with van der Waals surface area (Å²) in [6.45, 7) is 0. The van der Waals surface area contributed by atoms with E-state index in [0.717, 1.165) is 77.1 Å². The van der Waals surface area contributed by atoms with Crippen molar-refractivity contribution in [1.82, 2.24) is 19.1 Å². The van der Waals surface area contributed by atoms with Gasteiger partial charge in [-0.3, -0.25) is 4.57 Å². The molecule has 0 atom stereocenters. The van der Waals surface area contributed by atoms with Crippen LogP contribution < -0.4 is 0 Å². The van der Waals surface area contributed by atoms with Crippen molar-refractivity contribution in [3.63, 3.8) is 0 Å². The predicted molar refractivity (Wildman–Crippen MR) is 226 cm³/mol. The summed E-state index contributed by atoms with van der Waals surface area (Å²) >= 11 is 0. The minimum Gasteiger partial charge on any atom is -0.452 e. The highest BCUT2D eigenvalue weighted by molar-refractivity contribution is 6.26. The summed E-state index contributed by atoms with van der Waals surface area (Å²) in [7, 11) is 0. The first-order chi connectivity index (χ1) is 27.3. The maximum atomic E-state index is 6.73. The molecule has 0 unspecified atom stereocenters. The Bertz CT molecular complexity index is 3470. The summed E-state index contributed by atoms with van der Waals surface area (Å²) < 4.78 is 11.4. The van der Waals surface area contributed by atoms with Gasteiger partial charge in [-0.2, -0.15) is 0 Å². The molecule has 4 aromatic heterocycles. The lowest BCUT2D eigenvalue weighted by Crippen LogP contribution is -2.03. The predicted octanol–water partition coefficient (Wildman–Crippen LogP) is 13.1. The molecule has 0 fully saturated rings. The minimum absolute atomic E-state index is 0.596. The van der Waals surface area contributed by atoms with E-state index in [1.165, 1.54) is 21.9 Å². The number of aromatic nitrogens is 4. The standard InChI is InChI=1S/C50H30N4O/c1-3-13-31(14-4-1)32-23-25-34(26-24-32)46-49-47(45-36-18-8-7-15-33(36)27-30-43(45)55-49)52-50(51-46)54-41-22-12-10-20-39(41)44-42(54)29-28-38-37-19-9-11-21-40(37)53(48(38)44)35-16-5-2-6-17-35/h1-30H. The number of hydrogen-bond acceptors (Lipinski definition) is 3. The minimum atomic E-state index is 0.596. The lowest BCUT2D eigenvalue weighted by atomic mass is 10.0. The van der Waals surface area contributed by atoms with Crippen molar-refractivity contribution in [2.75, 3.05) is 0 Å². The van der Waals surface area contributed by atoms with E-state index in [1.54, 1.807) is 0 Å². The smallest absolute Gasteiger partial charge is 0.236 e. The number of furan rings is 1. The molecular formula is C50H30N4O. The van der Waals surface area contributed by atoms with Gasteiger partial charge in [0, 0.05) is 32.8 Å². The Balaban J connectivity index is 1.21. The van der Waals surface area contributed by atoms with E-state index in [-0.39, 0.29) is 0 Å². The third kappa shape index (κ3) is 4.35. The molecule has 4 heterocycles. The second-order valence-corrected chi connectivity index (χ2v) is 14.2. The molecule has 0 bridgehead atoms. The van der Waals surface area contributed by atoms with Crippen LogP contribution in [0, 0.1) is 0 Å². The highest BCUT2D eigenvalue weighted by Gasteiger charge is 2.24. The molecule has 0 saturated carbocycles. The third-order valence-electron chi connectivity index (χ3n) is 11.1. The molecule has 5 nitrogen and oxygen atoms in total. The molecule has 12 aromatic rings. The highest BCUT2D eigenvalue weighted by Crippen LogP contribution is 2.43. The van der Waals surface area contributed by atoms with E-state index < -0.39 is 0 Å². The number of para-hydroxylation sites is 3. The lowest BCUT2D eigenvalue weighted by Gasteiger charge is -2.11. The van der Waals surface area contributed by atoms with Gasteiger partial charge in [-0.05, 0) is 58.3 Å². The molecule has 256 valence electrons. The average molecular weight is 703 g/mol. The number of fused-ring (bicyclic) bond motifs is 12. The first kappa shape index (κ1) is 30.0. The molecule has 12 rings (SSSR count). The Morgan fingerprint density at radius 3 is 1.84 bits per heavy atom. The van der Waals surface area contributed by atoms with Crippen LogP contribution in [0.25, 0.3) is 110 Å². The van der Waals surface area contributed by atoms with Gasteiger partial charge in [-0.25, -0.2) is 9.97 Å². The van der Waals surface area contributed by atoms with Crippen LogP contribution in [0.2, 0.25) is 0 Å². The van der Waals surface area contributed by atoms with Gasteiger partial charge in [0.25, 0.3) is 0 Å². The van der Waals surface area contributed by atoms with Crippen molar-refractivity contribution in [3.8, 4) is 34.0 Å². The molecule has 0 aliphatic carbocycles. The molecule has 0 spiro atoms. The van der Waals surface area contributed by atoms with Crippen LogP contribution in [0.3, 0.4) is 0 Å². The quantitative estimate of drug-likeness (QED) is 0.183. The summed E-state index contributed by atoms with van der Waals surface area (Å²) in [4.78, 5) is 10.9. The van der Waals surface area contributed by atoms with Gasteiger partial charge in [0.2, 0.25) is 5.95 Å². The van der Waals surface area contributed by atoms with E-state index in [1.807, 2.05) is 6.07 Å². The average Bonchev–Trinajstić information content (AvgIpc) is 3.92. The Labute approximate surface area is 315 Å². The summed E-state index contributed by atoms with van der Waals surface area (Å²) in [5, 5.41) is 7.96. The molecule has 0 saturated heterocycles. The fourth-order valence-corrected chi connectivity index (χ4v) is 8.71. The van der Waals surface area contributed by atoms with Gasteiger partial charge in [-0.1, -0.05) is 146 Å². The van der Waals surface area contributed by atoms with Crippen LogP contribution in [0.1, 0.15) is 0 Å². The number of nitrogens with zero attached hydrogens (tertiary/aromatic N) is 4. The first-order valence-corrected chi connectivity index (χ1v) is 18.6. The van der Waals surface area contributed by atoms with E-state index in [4.69, 9.17) is 14.4 Å². The zero-order valence-electron chi connectivity index (χ0n) is 29.5. The van der Waals surface area contributed by atoms with Gasteiger partial charge in [0.1, 0.15) is 16.8 Å². The van der Waals surface area contributed by atoms with E-state index in [9.17, 15) is 0 Å². The lowest BCUT2D eigenvalue weighted by molar-refractivity contribution is 0.667. The second kappa shape index (κ2) is 11.5. The third-order valence-corrected chi connectivity index (χ3v) is 11.1. The molecule has 0 amide bonds. The van der Waals surface area contributed by atoms with E-state index in [2.05, 4.69) is 185 Å². The summed E-state index contributed by atoms with van der Waals surface area (Å²) in [5.74, 6) is 0.596. The second-order valence-electron chi connectivity index (χ2n) is 14.2. The Morgan fingerprint density at radius 2 is 1.04 bits per heavy atom. The van der Waals surface area contributed by atoms with Crippen LogP contribution in [-0.2, 0) is 0 Å². The van der Waals surface area contributed by atoms with Gasteiger partial charge in [0.05, 0.1) is 27.5 Å². The number of hydrogen-bond donors (Lipinski definition) is 0.